The van der Waals surface area contributed by atoms with Gasteiger partial charge in [-0.3, -0.25) is 68.0 Å². The number of H-pyrrole nitrogens is 1. The standard InChI is InChI=1S/C54H69N15O20S2/c1-28-5-3-6-33(61-28)32-25-60-68-46(32)30-14-16-58-36(21-30)29-8-10-31(11-9-29)87-18-17-69(2)54(86)88-19-20-90-91-27-40(52(84)85)67-50(81)39(24-45(76)77)66-49(80)38(23-44(74)75)65-47(78)34(7-4-15-59-53(55)56)64-48(79)37(22-43(72)73)63-41(70)13-12-35(51(82)83)62-42(71)26-89-57/h3,5-6,8-11,14,16,21,25,34-35,37-40H,4,7,12-13,15,17-20,22-24,26-27,57H2,1-2H3,(H,60,68)(H,62,71)(H,63,70)(H,64,79)(H,65,78)(H,66,80)(H,67,81)(H,72,73)(H,74,75)(H,76,77)(H,82,83)(H,84,85)(H4,55,56,59)/t34-,35-,37-,38-,39-,40-/m0/s1. The Hall–Kier alpha value is -10.1. The fourth-order valence-corrected chi connectivity index (χ4v) is 9.98. The lowest BCUT2D eigenvalue weighted by atomic mass is 10.0. The lowest BCUT2D eigenvalue weighted by molar-refractivity contribution is -0.145. The predicted molar refractivity (Wildman–Crippen MR) is 323 cm³/mol. The Morgan fingerprint density at radius 2 is 1.25 bits per heavy atom. The van der Waals surface area contributed by atoms with Gasteiger partial charge in [0.1, 0.15) is 61.8 Å². The van der Waals surface area contributed by atoms with Crippen molar-refractivity contribution in [1.82, 2.24) is 57.0 Å². The van der Waals surface area contributed by atoms with E-state index in [1.54, 1.807) is 24.5 Å². The predicted octanol–water partition coefficient (Wildman–Crippen LogP) is -1.44. The van der Waals surface area contributed by atoms with Crippen molar-refractivity contribution in [2.24, 2.45) is 22.4 Å². The van der Waals surface area contributed by atoms with Crippen LogP contribution in [0.2, 0.25) is 0 Å². The monoisotopic (exact) mass is 1310 g/mol. The molecular weight excluding hydrogens is 1240 g/mol. The Morgan fingerprint density at radius 1 is 0.670 bits per heavy atom. The molecule has 492 valence electrons. The Bertz CT molecular complexity index is 3240. The number of aliphatic carboxylic acids is 5. The van der Waals surface area contributed by atoms with Crippen LogP contribution >= 0.6 is 21.6 Å². The average molecular weight is 1310 g/mol. The van der Waals surface area contributed by atoms with Gasteiger partial charge < -0.3 is 83.3 Å². The maximum absolute atomic E-state index is 13.8. The first-order valence-corrected chi connectivity index (χ1v) is 29.8. The molecule has 6 atom stereocenters. The fraction of sp³-hybridized carbons (Fsp3) is 0.407. The van der Waals surface area contributed by atoms with Crippen LogP contribution in [0, 0.1) is 6.92 Å². The number of hydrogen-bond donors (Lipinski definition) is 15. The number of likely N-dealkylation sites (N-methyl/N-ethyl adjacent to an activating group) is 1. The molecule has 91 heavy (non-hydrogen) atoms. The normalized spacial score (nSPS) is 12.8. The number of carboxylic acid groups (broad SMARTS) is 5. The molecule has 3 aromatic heterocycles. The van der Waals surface area contributed by atoms with Crippen LogP contribution in [-0.4, -0.2) is 216 Å². The highest BCUT2D eigenvalue weighted by atomic mass is 33.1. The van der Waals surface area contributed by atoms with E-state index in [4.69, 9.17) is 26.8 Å². The van der Waals surface area contributed by atoms with Crippen LogP contribution in [0.4, 0.5) is 4.79 Å². The molecule has 0 bridgehead atoms. The van der Waals surface area contributed by atoms with Crippen molar-refractivity contribution in [3.8, 4) is 39.5 Å². The zero-order valence-corrected chi connectivity index (χ0v) is 50.5. The third-order valence-electron chi connectivity index (χ3n) is 12.5. The Balaban J connectivity index is 1.28. The van der Waals surface area contributed by atoms with Crippen LogP contribution in [0.1, 0.15) is 50.6 Å². The second kappa shape index (κ2) is 37.6. The number of nitrogens with two attached hydrogens (primary N) is 3. The largest absolute Gasteiger partial charge is 0.492 e. The van der Waals surface area contributed by atoms with Gasteiger partial charge in [-0.15, -0.1) is 0 Å². The fourth-order valence-electron chi connectivity index (χ4n) is 8.00. The summed E-state index contributed by atoms with van der Waals surface area (Å²) in [5.74, 6) is -11.0. The van der Waals surface area contributed by atoms with Crippen molar-refractivity contribution in [2.75, 3.05) is 51.5 Å². The van der Waals surface area contributed by atoms with Crippen LogP contribution in [0.3, 0.4) is 0 Å². The summed E-state index contributed by atoms with van der Waals surface area (Å²) in [6, 6.07) is 5.42. The number of carboxylic acids is 5. The minimum absolute atomic E-state index is 0.108. The van der Waals surface area contributed by atoms with E-state index in [-0.39, 0.29) is 50.2 Å². The number of benzene rings is 1. The molecule has 0 fully saturated rings. The highest BCUT2D eigenvalue weighted by molar-refractivity contribution is 8.76. The molecule has 18 N–H and O–H groups in total. The molecule has 7 amide bonds. The summed E-state index contributed by atoms with van der Waals surface area (Å²) in [6.45, 7) is 1.12. The minimum atomic E-state index is -2.14. The maximum atomic E-state index is 13.8. The zero-order valence-electron chi connectivity index (χ0n) is 48.9. The van der Waals surface area contributed by atoms with Crippen molar-refractivity contribution in [2.45, 2.75) is 88.1 Å². The number of guanidine groups is 1. The van der Waals surface area contributed by atoms with Crippen LogP contribution in [-0.2, 0) is 62.3 Å². The van der Waals surface area contributed by atoms with Crippen LogP contribution in [0.25, 0.3) is 33.8 Å². The quantitative estimate of drug-likeness (QED) is 0.00798. The summed E-state index contributed by atoms with van der Waals surface area (Å²) in [5.41, 5.74) is 16.4. The topological polar surface area (TPSA) is 554 Å². The molecule has 0 aliphatic carbocycles. The first-order valence-electron chi connectivity index (χ1n) is 27.3. The second-order valence-electron chi connectivity index (χ2n) is 19.5. The average Bonchev–Trinajstić information content (AvgIpc) is 2.11. The van der Waals surface area contributed by atoms with E-state index in [0.717, 1.165) is 55.4 Å². The summed E-state index contributed by atoms with van der Waals surface area (Å²) in [4.78, 5) is 170. The van der Waals surface area contributed by atoms with Crippen molar-refractivity contribution >= 4 is 98.9 Å². The van der Waals surface area contributed by atoms with Crippen molar-refractivity contribution in [1.29, 1.82) is 0 Å². The van der Waals surface area contributed by atoms with E-state index in [9.17, 15) is 83.1 Å². The van der Waals surface area contributed by atoms with E-state index in [0.29, 0.717) is 11.4 Å². The lowest BCUT2D eigenvalue weighted by Gasteiger charge is -2.26. The third-order valence-corrected chi connectivity index (χ3v) is 14.9. The number of aromatic nitrogens is 4. The maximum Gasteiger partial charge on any atom is 0.409 e. The Morgan fingerprint density at radius 3 is 1.84 bits per heavy atom. The highest BCUT2D eigenvalue weighted by Gasteiger charge is 2.35. The van der Waals surface area contributed by atoms with E-state index in [1.165, 1.54) is 11.9 Å². The summed E-state index contributed by atoms with van der Waals surface area (Å²) in [6.07, 6.45) is -2.61. The van der Waals surface area contributed by atoms with E-state index < -0.39 is 153 Å². The van der Waals surface area contributed by atoms with Gasteiger partial charge in [0, 0.05) is 60.1 Å². The van der Waals surface area contributed by atoms with Gasteiger partial charge in [0.05, 0.1) is 49.1 Å². The number of aromatic amines is 1. The lowest BCUT2D eigenvalue weighted by Crippen LogP contribution is -2.59. The summed E-state index contributed by atoms with van der Waals surface area (Å²) >= 11 is 0. The number of carbonyl (C=O) groups excluding carboxylic acids is 7. The number of hydrogen-bond acceptors (Lipinski definition) is 22. The summed E-state index contributed by atoms with van der Waals surface area (Å²) in [5, 5.41) is 68.0. The van der Waals surface area contributed by atoms with Gasteiger partial charge >= 0.3 is 35.9 Å². The number of pyridine rings is 2. The molecular formula is C54H69N15O20S2. The minimum Gasteiger partial charge on any atom is -0.492 e. The number of amides is 7. The van der Waals surface area contributed by atoms with E-state index >= 15 is 0 Å². The SMILES string of the molecule is Cc1cccc(-c2cn[nH]c2-c2ccnc(-c3ccc(OCCN(C)C(=O)OCCSSC[C@H](NC(=O)[C@H](CC(=O)O)NC(=O)[C@H](CC(=O)O)NC(=O)[C@H](CCCN=C(N)N)NC(=O)[C@H](CC(=O)O)NC(=O)CC[C@H](NC(=O)CON)C(=O)O)C(=O)O)cc3)c2)n1. The van der Waals surface area contributed by atoms with Gasteiger partial charge in [-0.2, -0.15) is 5.10 Å². The number of nitrogens with zero attached hydrogens (tertiary/aromatic N) is 5. The van der Waals surface area contributed by atoms with Crippen LogP contribution in [0.5, 0.6) is 5.75 Å². The molecule has 0 spiro atoms. The van der Waals surface area contributed by atoms with Gasteiger partial charge in [-0.1, -0.05) is 27.7 Å². The molecule has 3 heterocycles. The Labute approximate surface area is 525 Å². The molecule has 0 unspecified atom stereocenters. The van der Waals surface area contributed by atoms with Crippen molar-refractivity contribution in [3.63, 3.8) is 0 Å². The first kappa shape index (κ1) is 73.3. The van der Waals surface area contributed by atoms with E-state index in [2.05, 4.69) is 51.3 Å². The third kappa shape index (κ3) is 26.2. The molecule has 0 radical (unpaired) electrons. The van der Waals surface area contributed by atoms with Gasteiger partial charge in [-0.05, 0) is 74.7 Å². The van der Waals surface area contributed by atoms with Crippen molar-refractivity contribution < 1.29 is 97.4 Å². The Kier molecular flexibility index (Phi) is 30.3. The first-order chi connectivity index (χ1) is 43.2. The molecule has 0 aliphatic rings. The van der Waals surface area contributed by atoms with E-state index in [1.807, 2.05) is 60.0 Å². The molecule has 0 saturated heterocycles. The summed E-state index contributed by atoms with van der Waals surface area (Å²) < 4.78 is 11.2. The molecule has 4 rings (SSSR count). The van der Waals surface area contributed by atoms with Gasteiger partial charge in [-0.25, -0.2) is 20.3 Å². The van der Waals surface area contributed by atoms with Gasteiger partial charge in [0.2, 0.25) is 35.4 Å². The molecule has 37 heteroatoms. The smallest absolute Gasteiger partial charge is 0.409 e. The number of rotatable bonds is 40. The number of carbonyl (C=O) groups is 12. The second-order valence-corrected chi connectivity index (χ2v) is 22.1. The number of ether oxygens (including phenoxy) is 2. The van der Waals surface area contributed by atoms with Crippen LogP contribution in [0.15, 0.2) is 72.0 Å². The molecule has 4 aromatic rings. The highest BCUT2D eigenvalue weighted by Crippen LogP contribution is 2.31. The van der Waals surface area contributed by atoms with Crippen LogP contribution < -0.4 is 54.0 Å². The molecule has 35 nitrogen and oxygen atoms in total. The summed E-state index contributed by atoms with van der Waals surface area (Å²) in [7, 11) is 3.47. The van der Waals surface area contributed by atoms with Crippen molar-refractivity contribution in [3.05, 3.63) is 72.7 Å². The zero-order chi connectivity index (χ0) is 67.2. The number of nitrogens with one attached hydrogen (secondary N) is 7. The molecule has 1 aromatic carbocycles. The molecule has 0 aliphatic heterocycles. The van der Waals surface area contributed by atoms with Gasteiger partial charge in [0.25, 0.3) is 0 Å². The van der Waals surface area contributed by atoms with Gasteiger partial charge in [0.15, 0.2) is 5.96 Å². The number of aryl methyl sites for hydroxylation is 1. The molecule has 0 saturated carbocycles. The number of aliphatic imine (C=N–C) groups is 1.